The lowest BCUT2D eigenvalue weighted by Crippen LogP contribution is -2.45. The van der Waals surface area contributed by atoms with E-state index in [1.165, 1.54) is 6.07 Å². The molecule has 1 aliphatic carbocycles. The van der Waals surface area contributed by atoms with E-state index in [-0.39, 0.29) is 18.0 Å². The largest absolute Gasteiger partial charge is 0.371 e. The molecule has 6 nitrogen and oxygen atoms in total. The molecule has 1 aliphatic heterocycles. The Morgan fingerprint density at radius 1 is 1.07 bits per heavy atom. The number of halogens is 3. The first-order valence-electron chi connectivity index (χ1n) is 14.0. The number of nitrogens with one attached hydrogen (secondary N) is 1. The molecular formula is C32H34ClF2N5O. The van der Waals surface area contributed by atoms with Crippen LogP contribution in [-0.2, 0) is 5.92 Å². The van der Waals surface area contributed by atoms with E-state index in [4.69, 9.17) is 11.6 Å². The Balaban J connectivity index is 1.33. The van der Waals surface area contributed by atoms with Crippen LogP contribution in [0.3, 0.4) is 0 Å². The van der Waals surface area contributed by atoms with Gasteiger partial charge in [0.05, 0.1) is 16.9 Å². The molecule has 0 spiro atoms. The summed E-state index contributed by atoms with van der Waals surface area (Å²) in [6, 6.07) is 11.3. The van der Waals surface area contributed by atoms with Gasteiger partial charge in [-0.15, -0.1) is 0 Å². The van der Waals surface area contributed by atoms with Crippen LogP contribution in [0.25, 0.3) is 0 Å². The minimum atomic E-state index is -2.95. The number of carbonyl (C=O) groups excluding carboxylic acids is 1. The number of fused-ring (bicyclic) bond motifs is 1. The third-order valence-electron chi connectivity index (χ3n) is 7.92. The highest BCUT2D eigenvalue weighted by atomic mass is 35.5. The lowest BCUT2D eigenvalue weighted by Gasteiger charge is -2.36. The van der Waals surface area contributed by atoms with Crippen molar-refractivity contribution in [1.29, 1.82) is 0 Å². The van der Waals surface area contributed by atoms with Crippen LogP contribution in [0.15, 0.2) is 54.9 Å². The predicted octanol–water partition coefficient (Wildman–Crippen LogP) is 6.02. The highest BCUT2D eigenvalue weighted by Crippen LogP contribution is 2.50. The summed E-state index contributed by atoms with van der Waals surface area (Å²) in [5.74, 6) is 2.76. The second-order valence-electron chi connectivity index (χ2n) is 10.6. The van der Waals surface area contributed by atoms with E-state index in [1.807, 2.05) is 13.1 Å². The number of aromatic nitrogens is 1. The number of likely N-dealkylation sites (N-methyl/N-ethyl adjacent to an activating group) is 1. The summed E-state index contributed by atoms with van der Waals surface area (Å²) in [6.07, 6.45) is 3.25. The van der Waals surface area contributed by atoms with E-state index in [9.17, 15) is 4.79 Å². The molecule has 1 aromatic heterocycles. The number of nitrogens with zero attached hydrogens (tertiary/aromatic N) is 4. The van der Waals surface area contributed by atoms with Gasteiger partial charge in [-0.1, -0.05) is 29.5 Å². The normalized spacial score (nSPS) is 18.3. The van der Waals surface area contributed by atoms with Crippen molar-refractivity contribution in [2.75, 3.05) is 56.5 Å². The van der Waals surface area contributed by atoms with Gasteiger partial charge < -0.3 is 15.1 Å². The molecule has 41 heavy (non-hydrogen) atoms. The Bertz CT molecular complexity index is 1490. The predicted molar refractivity (Wildman–Crippen MR) is 160 cm³/mol. The van der Waals surface area contributed by atoms with Crippen molar-refractivity contribution >= 4 is 28.9 Å². The van der Waals surface area contributed by atoms with Gasteiger partial charge in [0, 0.05) is 85.9 Å². The molecule has 1 unspecified atom stereocenters. The number of carbonyl (C=O) groups is 1. The molecule has 1 fully saturated rings. The number of rotatable bonds is 6. The van der Waals surface area contributed by atoms with Gasteiger partial charge in [-0.25, -0.2) is 8.78 Å². The molecule has 5 rings (SSSR count). The van der Waals surface area contributed by atoms with Crippen molar-refractivity contribution in [3.05, 3.63) is 87.7 Å². The molecule has 9 heteroatoms. The summed E-state index contributed by atoms with van der Waals surface area (Å²) in [7, 11) is 2.05. The number of amides is 1. The van der Waals surface area contributed by atoms with Crippen LogP contribution in [0, 0.1) is 11.8 Å². The number of piperazine rings is 1. The van der Waals surface area contributed by atoms with Crippen LogP contribution in [-0.4, -0.2) is 67.0 Å². The van der Waals surface area contributed by atoms with E-state index < -0.39 is 11.8 Å². The summed E-state index contributed by atoms with van der Waals surface area (Å²) in [5.41, 5.74) is 3.49. The molecule has 2 heterocycles. The zero-order valence-corrected chi connectivity index (χ0v) is 24.3. The van der Waals surface area contributed by atoms with Gasteiger partial charge in [-0.2, -0.15) is 0 Å². The number of hydrogen-bond acceptors (Lipinski definition) is 5. The van der Waals surface area contributed by atoms with Crippen LogP contribution in [0.2, 0.25) is 5.02 Å². The number of pyridine rings is 1. The monoisotopic (exact) mass is 577 g/mol. The lowest BCUT2D eigenvalue weighted by atomic mass is 10.0. The van der Waals surface area contributed by atoms with Crippen LogP contribution in [0.5, 0.6) is 0 Å². The Labute approximate surface area is 245 Å². The number of hydrogen-bond donors (Lipinski definition) is 1. The van der Waals surface area contributed by atoms with Crippen molar-refractivity contribution in [2.24, 2.45) is 0 Å². The molecule has 0 saturated carbocycles. The molecule has 1 atom stereocenters. The van der Waals surface area contributed by atoms with E-state index >= 15 is 8.78 Å². The van der Waals surface area contributed by atoms with E-state index in [0.717, 1.165) is 50.5 Å². The lowest BCUT2D eigenvalue weighted by molar-refractivity contribution is -0.0257. The molecule has 214 valence electrons. The Morgan fingerprint density at radius 3 is 2.56 bits per heavy atom. The van der Waals surface area contributed by atoms with Crippen LogP contribution in [0.4, 0.5) is 20.2 Å². The van der Waals surface area contributed by atoms with Crippen LogP contribution < -0.4 is 10.2 Å². The second kappa shape index (κ2) is 12.2. The smallest absolute Gasteiger partial charge is 0.275 e. The van der Waals surface area contributed by atoms with Crippen LogP contribution in [0.1, 0.15) is 58.9 Å². The maximum atomic E-state index is 15.1. The van der Waals surface area contributed by atoms with Gasteiger partial charge in [-0.3, -0.25) is 14.7 Å². The Hall–Kier alpha value is -3.51. The number of anilines is 2. The van der Waals surface area contributed by atoms with Crippen molar-refractivity contribution in [3.8, 4) is 11.8 Å². The van der Waals surface area contributed by atoms with E-state index in [1.54, 1.807) is 42.7 Å². The minimum Gasteiger partial charge on any atom is -0.371 e. The van der Waals surface area contributed by atoms with Crippen LogP contribution >= 0.6 is 11.6 Å². The molecule has 0 bridgehead atoms. The summed E-state index contributed by atoms with van der Waals surface area (Å²) in [4.78, 5) is 24.0. The van der Waals surface area contributed by atoms with Gasteiger partial charge in [-0.05, 0) is 62.9 Å². The Kier molecular flexibility index (Phi) is 8.60. The standard InChI is InChI=1S/C32H34ClF2N5O/c1-4-39(5-2)26-16-22(20-36-21-26)6-7-23-17-24(8-11-29(23)33)31(41)37-25-9-10-27-28(18-25)32(34,35)19-30(27)40-14-12-38(3)13-15-40/h8-11,16-18,20-21,30H,4-5,12-15,19H2,1-3H3,(H,37,41). The summed E-state index contributed by atoms with van der Waals surface area (Å²) < 4.78 is 30.2. The molecule has 1 N–H and O–H groups in total. The summed E-state index contributed by atoms with van der Waals surface area (Å²) in [5, 5.41) is 3.19. The first-order chi connectivity index (χ1) is 19.7. The molecule has 2 aliphatic rings. The maximum Gasteiger partial charge on any atom is 0.275 e. The van der Waals surface area contributed by atoms with Crippen molar-refractivity contribution in [3.63, 3.8) is 0 Å². The molecule has 1 amide bonds. The fraction of sp³-hybridized carbons (Fsp3) is 0.375. The topological polar surface area (TPSA) is 51.7 Å². The number of benzene rings is 2. The van der Waals surface area contributed by atoms with E-state index in [0.29, 0.717) is 27.4 Å². The molecule has 1 saturated heterocycles. The van der Waals surface area contributed by atoms with E-state index in [2.05, 4.69) is 50.7 Å². The van der Waals surface area contributed by atoms with Gasteiger partial charge in [0.15, 0.2) is 0 Å². The van der Waals surface area contributed by atoms with Gasteiger partial charge in [0.25, 0.3) is 11.8 Å². The zero-order valence-electron chi connectivity index (χ0n) is 23.6. The van der Waals surface area contributed by atoms with Gasteiger partial charge in [0.2, 0.25) is 0 Å². The highest BCUT2D eigenvalue weighted by molar-refractivity contribution is 6.32. The fourth-order valence-electron chi connectivity index (χ4n) is 5.53. The average Bonchev–Trinajstić information content (AvgIpc) is 3.23. The molecule has 0 radical (unpaired) electrons. The summed E-state index contributed by atoms with van der Waals surface area (Å²) >= 11 is 6.39. The third kappa shape index (κ3) is 6.38. The van der Waals surface area contributed by atoms with Crippen molar-refractivity contribution < 1.29 is 13.6 Å². The first-order valence-corrected chi connectivity index (χ1v) is 14.3. The quantitative estimate of drug-likeness (QED) is 0.363. The third-order valence-corrected chi connectivity index (χ3v) is 8.24. The minimum absolute atomic E-state index is 0.0116. The van der Waals surface area contributed by atoms with Gasteiger partial charge in [0.1, 0.15) is 0 Å². The van der Waals surface area contributed by atoms with Crippen molar-refractivity contribution in [2.45, 2.75) is 32.2 Å². The Morgan fingerprint density at radius 2 is 1.83 bits per heavy atom. The fourth-order valence-corrected chi connectivity index (χ4v) is 5.69. The zero-order chi connectivity index (χ0) is 29.1. The SMILES string of the molecule is CCN(CC)c1cncc(C#Cc2cc(C(=O)Nc3ccc4c(c3)C(F)(F)CC4N3CCN(C)CC3)ccc2Cl)c1. The molecular weight excluding hydrogens is 544 g/mol. The highest BCUT2D eigenvalue weighted by Gasteiger charge is 2.47. The molecule has 3 aromatic rings. The first kappa shape index (κ1) is 29.0. The molecule has 2 aromatic carbocycles. The summed E-state index contributed by atoms with van der Waals surface area (Å²) in [6.45, 7) is 9.12. The maximum absolute atomic E-state index is 15.1. The average molecular weight is 578 g/mol. The number of alkyl halides is 2. The second-order valence-corrected chi connectivity index (χ2v) is 11.0. The van der Waals surface area contributed by atoms with Crippen molar-refractivity contribution in [1.82, 2.24) is 14.8 Å². The van der Waals surface area contributed by atoms with Gasteiger partial charge >= 0.3 is 0 Å².